The van der Waals surface area contributed by atoms with E-state index in [1.807, 2.05) is 37.3 Å². The van der Waals surface area contributed by atoms with E-state index in [0.717, 1.165) is 11.6 Å². The molecule has 5 heteroatoms. The van der Waals surface area contributed by atoms with E-state index in [1.54, 1.807) is 6.07 Å². The molecule has 1 amide bonds. The van der Waals surface area contributed by atoms with Crippen LogP contribution >= 0.6 is 0 Å². The van der Waals surface area contributed by atoms with Crippen LogP contribution in [0, 0.1) is 0 Å². The molecule has 2 rings (SSSR count). The van der Waals surface area contributed by atoms with Crippen LogP contribution in [-0.2, 0) is 17.5 Å². The van der Waals surface area contributed by atoms with E-state index in [2.05, 4.69) is 0 Å². The summed E-state index contributed by atoms with van der Waals surface area (Å²) in [6.07, 6.45) is -4.16. The molecule has 1 unspecified atom stereocenters. The Hall–Kier alpha value is -2.30. The number of amides is 1. The largest absolute Gasteiger partial charge is 0.416 e. The number of halogens is 3. The lowest BCUT2D eigenvalue weighted by molar-refractivity contribution is -0.139. The Balaban J connectivity index is 2.05. The van der Waals surface area contributed by atoms with E-state index in [-0.39, 0.29) is 30.4 Å². The van der Waals surface area contributed by atoms with Gasteiger partial charge in [-0.1, -0.05) is 55.5 Å². The van der Waals surface area contributed by atoms with Crippen LogP contribution < -0.4 is 0 Å². The number of carbonyl (C=O) groups is 1. The second kappa shape index (κ2) is 7.51. The molecule has 0 fully saturated rings. The third kappa shape index (κ3) is 4.60. The van der Waals surface area contributed by atoms with Crippen LogP contribution in [0.3, 0.4) is 0 Å². The molecule has 0 aliphatic heterocycles. The van der Waals surface area contributed by atoms with Gasteiger partial charge in [0.1, 0.15) is 0 Å². The lowest BCUT2D eigenvalue weighted by atomic mass is 9.97. The summed E-state index contributed by atoms with van der Waals surface area (Å²) in [7, 11) is 1.53. The molecule has 0 bridgehead atoms. The minimum absolute atomic E-state index is 0.0130. The van der Waals surface area contributed by atoms with Crippen molar-refractivity contribution in [1.82, 2.24) is 4.90 Å². The highest BCUT2D eigenvalue weighted by Crippen LogP contribution is 2.32. The topological polar surface area (TPSA) is 20.3 Å². The Morgan fingerprint density at radius 1 is 1.04 bits per heavy atom. The lowest BCUT2D eigenvalue weighted by Crippen LogP contribution is -2.28. The zero-order valence-electron chi connectivity index (χ0n) is 13.7. The third-order valence-electron chi connectivity index (χ3n) is 4.01. The van der Waals surface area contributed by atoms with Gasteiger partial charge in [-0.15, -0.1) is 0 Å². The first-order chi connectivity index (χ1) is 11.3. The van der Waals surface area contributed by atoms with Gasteiger partial charge in [-0.3, -0.25) is 4.79 Å². The molecule has 1 atom stereocenters. The maximum atomic E-state index is 13.0. The number of nitrogens with zero attached hydrogens (tertiary/aromatic N) is 1. The van der Waals surface area contributed by atoms with Crippen molar-refractivity contribution < 1.29 is 18.0 Å². The van der Waals surface area contributed by atoms with Crippen LogP contribution in [0.25, 0.3) is 0 Å². The summed E-state index contributed by atoms with van der Waals surface area (Å²) in [6, 6.07) is 14.9. The molecule has 0 aliphatic carbocycles. The van der Waals surface area contributed by atoms with Crippen LogP contribution in [-0.4, -0.2) is 17.9 Å². The minimum Gasteiger partial charge on any atom is -0.341 e. The van der Waals surface area contributed by atoms with Crippen LogP contribution in [0.2, 0.25) is 0 Å². The molecule has 0 radical (unpaired) electrons. The standard InChI is InChI=1S/C19H20F3NO/c1-14(15-8-4-3-5-9-15)12-18(24)23(2)13-16-10-6-7-11-17(16)19(20,21)22/h3-11,14H,12-13H2,1-2H3. The molecule has 0 spiro atoms. The summed E-state index contributed by atoms with van der Waals surface area (Å²) in [5, 5.41) is 0. The van der Waals surface area contributed by atoms with E-state index in [9.17, 15) is 18.0 Å². The summed E-state index contributed by atoms with van der Waals surface area (Å²) in [6.45, 7) is 1.88. The maximum absolute atomic E-state index is 13.0. The number of hydrogen-bond acceptors (Lipinski definition) is 1. The molecule has 0 saturated heterocycles. The molecule has 0 saturated carbocycles. The van der Waals surface area contributed by atoms with E-state index in [1.165, 1.54) is 24.1 Å². The lowest BCUT2D eigenvalue weighted by Gasteiger charge is -2.22. The second-order valence-electron chi connectivity index (χ2n) is 5.92. The molecule has 2 aromatic carbocycles. The number of hydrogen-bond donors (Lipinski definition) is 0. The highest BCUT2D eigenvalue weighted by molar-refractivity contribution is 5.76. The van der Waals surface area contributed by atoms with Crippen molar-refractivity contribution in [2.75, 3.05) is 7.05 Å². The van der Waals surface area contributed by atoms with Crippen LogP contribution in [0.15, 0.2) is 54.6 Å². The van der Waals surface area contributed by atoms with Gasteiger partial charge in [0.15, 0.2) is 0 Å². The fraction of sp³-hybridized carbons (Fsp3) is 0.316. The SMILES string of the molecule is CC(CC(=O)N(C)Cc1ccccc1C(F)(F)F)c1ccccc1. The first-order valence-electron chi connectivity index (χ1n) is 7.73. The van der Waals surface area contributed by atoms with Crippen molar-refractivity contribution in [3.63, 3.8) is 0 Å². The zero-order valence-corrected chi connectivity index (χ0v) is 13.7. The highest BCUT2D eigenvalue weighted by Gasteiger charge is 2.33. The normalized spacial score (nSPS) is 12.7. The van der Waals surface area contributed by atoms with Gasteiger partial charge in [-0.05, 0) is 23.1 Å². The van der Waals surface area contributed by atoms with Gasteiger partial charge in [-0.2, -0.15) is 13.2 Å². The first-order valence-corrected chi connectivity index (χ1v) is 7.73. The number of rotatable bonds is 5. The Labute approximate surface area is 139 Å². The van der Waals surface area contributed by atoms with Gasteiger partial charge < -0.3 is 4.90 Å². The molecule has 2 aromatic rings. The average Bonchev–Trinajstić information content (AvgIpc) is 2.55. The van der Waals surface area contributed by atoms with Gasteiger partial charge >= 0.3 is 6.18 Å². The highest BCUT2D eigenvalue weighted by atomic mass is 19.4. The molecule has 0 heterocycles. The van der Waals surface area contributed by atoms with Gasteiger partial charge in [-0.25, -0.2) is 0 Å². The summed E-state index contributed by atoms with van der Waals surface area (Å²) < 4.78 is 39.1. The van der Waals surface area contributed by atoms with E-state index >= 15 is 0 Å². The predicted molar refractivity (Wildman–Crippen MR) is 87.4 cm³/mol. The number of alkyl halides is 3. The monoisotopic (exact) mass is 335 g/mol. The van der Waals surface area contributed by atoms with Crippen LogP contribution in [0.1, 0.15) is 36.0 Å². The van der Waals surface area contributed by atoms with Crippen molar-refractivity contribution in [1.29, 1.82) is 0 Å². The maximum Gasteiger partial charge on any atom is 0.416 e. The molecule has 2 nitrogen and oxygen atoms in total. The van der Waals surface area contributed by atoms with Crippen molar-refractivity contribution in [3.05, 3.63) is 71.3 Å². The molecular formula is C19H20F3NO. The Kier molecular flexibility index (Phi) is 5.65. The number of benzene rings is 2. The first kappa shape index (κ1) is 18.0. The van der Waals surface area contributed by atoms with Gasteiger partial charge in [0.2, 0.25) is 5.91 Å². The number of carbonyl (C=O) groups excluding carboxylic acids is 1. The van der Waals surface area contributed by atoms with Gasteiger partial charge in [0.05, 0.1) is 5.56 Å². The molecule has 0 aromatic heterocycles. The fourth-order valence-electron chi connectivity index (χ4n) is 2.60. The smallest absolute Gasteiger partial charge is 0.341 e. The van der Waals surface area contributed by atoms with Gasteiger partial charge in [0, 0.05) is 20.0 Å². The Bertz CT molecular complexity index is 683. The fourth-order valence-corrected chi connectivity index (χ4v) is 2.60. The summed E-state index contributed by atoms with van der Waals surface area (Å²) >= 11 is 0. The molecule has 0 N–H and O–H groups in total. The van der Waals surface area contributed by atoms with Crippen LogP contribution in [0.5, 0.6) is 0 Å². The zero-order chi connectivity index (χ0) is 17.7. The Morgan fingerprint density at radius 3 is 2.25 bits per heavy atom. The van der Waals surface area contributed by atoms with Crippen LogP contribution in [0.4, 0.5) is 13.2 Å². The van der Waals surface area contributed by atoms with Crippen molar-refractivity contribution in [2.24, 2.45) is 0 Å². The minimum atomic E-state index is -4.42. The summed E-state index contributed by atoms with van der Waals surface area (Å²) in [4.78, 5) is 13.7. The van der Waals surface area contributed by atoms with Gasteiger partial charge in [0.25, 0.3) is 0 Å². The average molecular weight is 335 g/mol. The Morgan fingerprint density at radius 2 is 1.62 bits per heavy atom. The van der Waals surface area contributed by atoms with Crippen molar-refractivity contribution >= 4 is 5.91 Å². The second-order valence-corrected chi connectivity index (χ2v) is 5.92. The van der Waals surface area contributed by atoms with E-state index in [4.69, 9.17) is 0 Å². The van der Waals surface area contributed by atoms with E-state index in [0.29, 0.717) is 0 Å². The molecule has 24 heavy (non-hydrogen) atoms. The molecule has 128 valence electrons. The quantitative estimate of drug-likeness (QED) is 0.764. The van der Waals surface area contributed by atoms with E-state index < -0.39 is 11.7 Å². The molecule has 0 aliphatic rings. The third-order valence-corrected chi connectivity index (χ3v) is 4.01. The van der Waals surface area contributed by atoms with Crippen molar-refractivity contribution in [2.45, 2.75) is 32.0 Å². The predicted octanol–water partition coefficient (Wildman–Crippen LogP) is 4.86. The molecular weight excluding hydrogens is 315 g/mol. The summed E-state index contributed by atoms with van der Waals surface area (Å²) in [5.74, 6) is -0.164. The summed E-state index contributed by atoms with van der Waals surface area (Å²) in [5.41, 5.74) is 0.448. The van der Waals surface area contributed by atoms with Crippen molar-refractivity contribution in [3.8, 4) is 0 Å².